The first-order chi connectivity index (χ1) is 19.9. The van der Waals surface area contributed by atoms with Gasteiger partial charge in [-0.1, -0.05) is 0 Å². The van der Waals surface area contributed by atoms with Gasteiger partial charge in [0, 0.05) is 23.5 Å². The van der Waals surface area contributed by atoms with E-state index in [-0.39, 0.29) is 73.9 Å². The van der Waals surface area contributed by atoms with E-state index in [0.717, 1.165) is 0 Å². The summed E-state index contributed by atoms with van der Waals surface area (Å²) in [5.41, 5.74) is 1.74. The molecule has 0 heterocycles. The number of benzene rings is 5. The molecule has 5 aromatic carbocycles. The molecule has 0 saturated heterocycles. The van der Waals surface area contributed by atoms with Crippen LogP contribution in [0.5, 0.6) is 46.0 Å². The van der Waals surface area contributed by atoms with Crippen LogP contribution in [0.3, 0.4) is 0 Å². The summed E-state index contributed by atoms with van der Waals surface area (Å²) in [7, 11) is 0. The van der Waals surface area contributed by atoms with Crippen LogP contribution >= 0.6 is 0 Å². The number of hydrogen-bond acceptors (Lipinski definition) is 10. The Morgan fingerprint density at radius 1 is 0.476 bits per heavy atom. The van der Waals surface area contributed by atoms with Crippen LogP contribution in [0.2, 0.25) is 0 Å². The second-order valence-corrected chi connectivity index (χ2v) is 10.6. The highest BCUT2D eigenvalue weighted by atomic mass is 16.3. The van der Waals surface area contributed by atoms with Crippen molar-refractivity contribution in [2.45, 2.75) is 38.8 Å². The third kappa shape index (κ3) is 5.22. The van der Waals surface area contributed by atoms with Gasteiger partial charge in [-0.05, 0) is 98.5 Å². The largest absolute Gasteiger partial charge is 0.508 e. The average molecular weight is 573 g/mol. The molecule has 2 unspecified atom stereocenters. The van der Waals surface area contributed by atoms with Crippen LogP contribution in [0.4, 0.5) is 11.4 Å². The van der Waals surface area contributed by atoms with E-state index < -0.39 is 5.75 Å². The number of aromatic hydroxyl groups is 8. The van der Waals surface area contributed by atoms with Crippen LogP contribution in [0.25, 0.3) is 21.5 Å². The summed E-state index contributed by atoms with van der Waals surface area (Å²) >= 11 is 0. The third-order valence-electron chi connectivity index (χ3n) is 7.30. The van der Waals surface area contributed by atoms with E-state index >= 15 is 0 Å². The molecule has 0 saturated carbocycles. The van der Waals surface area contributed by atoms with Crippen molar-refractivity contribution in [3.63, 3.8) is 0 Å². The second kappa shape index (κ2) is 10.9. The topological polar surface area (TPSA) is 186 Å². The smallest absolute Gasteiger partial charge is 0.139 e. The molecule has 10 N–H and O–H groups in total. The Bertz CT molecular complexity index is 1690. The summed E-state index contributed by atoms with van der Waals surface area (Å²) < 4.78 is 0. The first-order valence-corrected chi connectivity index (χ1v) is 13.3. The number of anilines is 2. The highest BCUT2D eigenvalue weighted by molar-refractivity contribution is 6.21. The molecule has 0 amide bonds. The number of hydrogen-bond donors (Lipinski definition) is 10. The number of fused-ring (bicyclic) bond motifs is 2. The quantitative estimate of drug-likeness (QED) is 0.0814. The maximum absolute atomic E-state index is 11.7. The van der Waals surface area contributed by atoms with E-state index in [2.05, 4.69) is 10.6 Å². The Kier molecular flexibility index (Phi) is 7.30. The van der Waals surface area contributed by atoms with Crippen molar-refractivity contribution in [3.8, 4) is 46.0 Å². The zero-order valence-corrected chi connectivity index (χ0v) is 22.9. The molecule has 42 heavy (non-hydrogen) atoms. The molecule has 0 aliphatic carbocycles. The lowest BCUT2D eigenvalue weighted by Crippen LogP contribution is -2.19. The molecule has 0 fully saturated rings. The van der Waals surface area contributed by atoms with Crippen LogP contribution in [0.1, 0.15) is 25.0 Å². The Morgan fingerprint density at radius 2 is 0.833 bits per heavy atom. The highest BCUT2D eigenvalue weighted by Crippen LogP contribution is 2.52. The minimum absolute atomic E-state index is 0.00691. The Hall–Kier alpha value is -5.38. The van der Waals surface area contributed by atoms with E-state index in [1.807, 2.05) is 13.8 Å². The molecule has 0 aliphatic heterocycles. The number of nitrogens with one attached hydrogen (secondary N) is 2. The lowest BCUT2D eigenvalue weighted by molar-refractivity contribution is 0.452. The Labute approximate surface area is 241 Å². The predicted molar refractivity (Wildman–Crippen MR) is 161 cm³/mol. The molecule has 218 valence electrons. The second-order valence-electron chi connectivity index (χ2n) is 10.6. The van der Waals surface area contributed by atoms with Gasteiger partial charge >= 0.3 is 0 Å². The molecule has 0 spiro atoms. The normalized spacial score (nSPS) is 12.8. The molecular formula is C32H32N2O8. The first kappa shape index (κ1) is 28.2. The summed E-state index contributed by atoms with van der Waals surface area (Å²) in [5.74, 6) is -1.32. The van der Waals surface area contributed by atoms with Gasteiger partial charge in [0.25, 0.3) is 0 Å². The van der Waals surface area contributed by atoms with Crippen molar-refractivity contribution in [1.29, 1.82) is 0 Å². The van der Waals surface area contributed by atoms with Gasteiger partial charge in [0.05, 0.1) is 21.5 Å². The van der Waals surface area contributed by atoms with Crippen LogP contribution in [0, 0.1) is 0 Å². The summed E-state index contributed by atoms with van der Waals surface area (Å²) in [5, 5.41) is 91.0. The molecular weight excluding hydrogens is 540 g/mol. The van der Waals surface area contributed by atoms with Crippen molar-refractivity contribution in [1.82, 2.24) is 0 Å². The van der Waals surface area contributed by atoms with Crippen molar-refractivity contribution >= 4 is 32.9 Å². The zero-order chi connectivity index (χ0) is 30.3. The van der Waals surface area contributed by atoms with Gasteiger partial charge in [-0.15, -0.1) is 0 Å². The van der Waals surface area contributed by atoms with Gasteiger partial charge in [0.15, 0.2) is 0 Å². The molecule has 5 rings (SSSR count). The number of phenolic OH excluding ortho intramolecular Hbond substituents is 8. The van der Waals surface area contributed by atoms with Crippen LogP contribution in [-0.2, 0) is 12.8 Å². The van der Waals surface area contributed by atoms with Gasteiger partial charge in [-0.2, -0.15) is 0 Å². The van der Waals surface area contributed by atoms with E-state index in [9.17, 15) is 40.9 Å². The minimum atomic E-state index is -0.434. The molecule has 2 atom stereocenters. The maximum Gasteiger partial charge on any atom is 0.139 e. The fraction of sp³-hybridized carbons (Fsp3) is 0.188. The van der Waals surface area contributed by atoms with Crippen molar-refractivity contribution in [2.75, 3.05) is 10.6 Å². The van der Waals surface area contributed by atoms with Crippen molar-refractivity contribution in [2.24, 2.45) is 0 Å². The molecule has 10 nitrogen and oxygen atoms in total. The fourth-order valence-electron chi connectivity index (χ4n) is 5.41. The summed E-state index contributed by atoms with van der Waals surface area (Å²) in [6, 6.07) is 13.6. The standard InChI is InChI=1S/C32H32N2O8/c1-15(11-17-13-19(35)3-7-23(17)37)33-21-5-9-25(39)29-27(21)31(41)28-22(6-10-26(40)30(28)32(29)42)34-16(2)12-18-14-20(36)4-8-24(18)38/h3-10,13-16,33-42H,11-12H2,1-2H3. The lowest BCUT2D eigenvalue weighted by Gasteiger charge is -2.22. The molecule has 0 bridgehead atoms. The summed E-state index contributed by atoms with van der Waals surface area (Å²) in [4.78, 5) is 0. The van der Waals surface area contributed by atoms with Gasteiger partial charge in [0.2, 0.25) is 0 Å². The van der Waals surface area contributed by atoms with Crippen LogP contribution in [0.15, 0.2) is 60.7 Å². The number of phenols is 8. The zero-order valence-electron chi connectivity index (χ0n) is 22.9. The first-order valence-electron chi connectivity index (χ1n) is 13.3. The Balaban J connectivity index is 1.58. The average Bonchev–Trinajstić information content (AvgIpc) is 2.93. The number of rotatable bonds is 8. The van der Waals surface area contributed by atoms with Crippen LogP contribution < -0.4 is 10.6 Å². The summed E-state index contributed by atoms with van der Waals surface area (Å²) in [6.45, 7) is 3.66. The van der Waals surface area contributed by atoms with E-state index in [1.54, 1.807) is 12.1 Å². The highest BCUT2D eigenvalue weighted by Gasteiger charge is 2.24. The predicted octanol–water partition coefficient (Wildman–Crippen LogP) is 5.72. The van der Waals surface area contributed by atoms with Crippen LogP contribution in [-0.4, -0.2) is 52.9 Å². The molecule has 0 aromatic heterocycles. The fourth-order valence-corrected chi connectivity index (χ4v) is 5.41. The van der Waals surface area contributed by atoms with Gasteiger partial charge in [-0.25, -0.2) is 0 Å². The lowest BCUT2D eigenvalue weighted by atomic mass is 9.95. The minimum Gasteiger partial charge on any atom is -0.508 e. The van der Waals surface area contributed by atoms with Gasteiger partial charge < -0.3 is 51.5 Å². The van der Waals surface area contributed by atoms with E-state index in [1.165, 1.54) is 48.5 Å². The molecule has 10 heteroatoms. The maximum atomic E-state index is 11.7. The third-order valence-corrected chi connectivity index (χ3v) is 7.30. The van der Waals surface area contributed by atoms with E-state index in [4.69, 9.17) is 0 Å². The molecule has 0 radical (unpaired) electrons. The molecule has 0 aliphatic rings. The van der Waals surface area contributed by atoms with E-state index in [0.29, 0.717) is 35.3 Å². The van der Waals surface area contributed by atoms with Gasteiger partial charge in [-0.3, -0.25) is 0 Å². The van der Waals surface area contributed by atoms with Gasteiger partial charge in [0.1, 0.15) is 46.0 Å². The monoisotopic (exact) mass is 572 g/mol. The SMILES string of the molecule is CC(Cc1cc(O)ccc1O)Nc1ccc(O)c2c(O)c3c(O)ccc(NC(C)Cc4cc(O)ccc4O)c3c(O)c12. The van der Waals surface area contributed by atoms with Crippen molar-refractivity contribution < 1.29 is 40.9 Å². The molecule has 5 aromatic rings. The Morgan fingerprint density at radius 3 is 1.24 bits per heavy atom. The van der Waals surface area contributed by atoms with Crippen molar-refractivity contribution in [3.05, 3.63) is 71.8 Å². The summed E-state index contributed by atoms with van der Waals surface area (Å²) in [6.07, 6.45) is 0.603.